The van der Waals surface area contributed by atoms with Crippen LogP contribution in [0, 0.1) is 31.5 Å². The van der Waals surface area contributed by atoms with E-state index in [9.17, 15) is 9.50 Å². The number of rotatable bonds is 3. The molecular formula is C27H29FN2O. The Morgan fingerprint density at radius 3 is 2.42 bits per heavy atom. The van der Waals surface area contributed by atoms with Crippen molar-refractivity contribution in [2.24, 2.45) is 22.1 Å². The normalized spacial score (nSPS) is 25.1. The molecule has 2 aliphatic carbocycles. The standard InChI is InChI=1S/C27H29FN2O/c1-15-12-20(31)13-16(2)23(15)14-24-17(3)26-25(22-7-5-4-6-21(22)24)27(30-29-26)18-8-10-19(28)11-9-18/h8-13,17,24,27,31H,4-7,14H2,1-3H3/t17-,24?,27?/m1/s1. The molecule has 0 radical (unpaired) electrons. The van der Waals surface area contributed by atoms with Gasteiger partial charge in [-0.1, -0.05) is 24.6 Å². The van der Waals surface area contributed by atoms with Crippen molar-refractivity contribution < 1.29 is 9.50 Å². The van der Waals surface area contributed by atoms with E-state index >= 15 is 0 Å². The van der Waals surface area contributed by atoms with Crippen LogP contribution < -0.4 is 0 Å². The summed E-state index contributed by atoms with van der Waals surface area (Å²) >= 11 is 0. The van der Waals surface area contributed by atoms with Crippen molar-refractivity contribution in [2.75, 3.05) is 0 Å². The molecule has 0 aromatic heterocycles. The molecule has 3 atom stereocenters. The van der Waals surface area contributed by atoms with E-state index in [2.05, 4.69) is 25.9 Å². The first-order chi connectivity index (χ1) is 14.9. The molecule has 0 spiro atoms. The smallest absolute Gasteiger partial charge is 0.123 e. The van der Waals surface area contributed by atoms with E-state index in [1.54, 1.807) is 5.57 Å². The predicted octanol–water partition coefficient (Wildman–Crippen LogP) is 7.29. The maximum atomic E-state index is 13.5. The quantitative estimate of drug-likeness (QED) is 0.561. The summed E-state index contributed by atoms with van der Waals surface area (Å²) < 4.78 is 13.5. The van der Waals surface area contributed by atoms with Crippen LogP contribution in [-0.2, 0) is 6.42 Å². The molecule has 4 heteroatoms. The molecule has 2 aromatic rings. The number of halogens is 1. The lowest BCUT2D eigenvalue weighted by atomic mass is 9.66. The van der Waals surface area contributed by atoms with Crippen molar-refractivity contribution in [3.8, 4) is 5.75 Å². The van der Waals surface area contributed by atoms with E-state index in [0.717, 1.165) is 41.6 Å². The Kier molecular flexibility index (Phi) is 5.04. The highest BCUT2D eigenvalue weighted by molar-refractivity contribution is 5.53. The molecule has 0 saturated carbocycles. The van der Waals surface area contributed by atoms with Gasteiger partial charge in [0.15, 0.2) is 0 Å². The Morgan fingerprint density at radius 2 is 1.71 bits per heavy atom. The van der Waals surface area contributed by atoms with Crippen molar-refractivity contribution in [3.05, 3.63) is 86.9 Å². The largest absolute Gasteiger partial charge is 0.508 e. The van der Waals surface area contributed by atoms with E-state index in [1.807, 2.05) is 24.3 Å². The number of benzene rings is 2. The third-order valence-electron chi connectivity index (χ3n) is 7.44. The Balaban J connectivity index is 1.56. The van der Waals surface area contributed by atoms with Crippen LogP contribution >= 0.6 is 0 Å². The fraction of sp³-hybridized carbons (Fsp3) is 0.407. The third-order valence-corrected chi connectivity index (χ3v) is 7.44. The summed E-state index contributed by atoms with van der Waals surface area (Å²) in [6.45, 7) is 6.47. The van der Waals surface area contributed by atoms with Crippen molar-refractivity contribution in [1.29, 1.82) is 0 Å². The highest BCUT2D eigenvalue weighted by atomic mass is 19.1. The minimum atomic E-state index is -0.220. The molecule has 1 N–H and O–H groups in total. The first-order valence-corrected chi connectivity index (χ1v) is 11.4. The van der Waals surface area contributed by atoms with Crippen molar-refractivity contribution in [2.45, 2.75) is 58.9 Å². The number of aryl methyl sites for hydroxylation is 2. The lowest BCUT2D eigenvalue weighted by molar-refractivity contribution is 0.411. The molecule has 0 fully saturated rings. The molecule has 3 nitrogen and oxygen atoms in total. The number of aromatic hydroxyl groups is 1. The summed E-state index contributed by atoms with van der Waals surface area (Å²) in [6.07, 6.45) is 5.60. The van der Waals surface area contributed by atoms with E-state index < -0.39 is 0 Å². The van der Waals surface area contributed by atoms with Gasteiger partial charge in [0.05, 0.1) is 5.70 Å². The molecule has 3 aliphatic rings. The van der Waals surface area contributed by atoms with Crippen LogP contribution in [0.1, 0.15) is 60.9 Å². The van der Waals surface area contributed by atoms with Crippen molar-refractivity contribution >= 4 is 0 Å². The molecule has 5 rings (SSSR count). The van der Waals surface area contributed by atoms with Gasteiger partial charge in [-0.25, -0.2) is 4.39 Å². The van der Waals surface area contributed by atoms with Crippen LogP contribution in [0.15, 0.2) is 69.0 Å². The molecule has 31 heavy (non-hydrogen) atoms. The zero-order valence-electron chi connectivity index (χ0n) is 18.5. The fourth-order valence-corrected chi connectivity index (χ4v) is 5.86. The van der Waals surface area contributed by atoms with Gasteiger partial charge in [0, 0.05) is 11.5 Å². The van der Waals surface area contributed by atoms with Crippen molar-refractivity contribution in [1.82, 2.24) is 0 Å². The van der Waals surface area contributed by atoms with Crippen LogP contribution in [0.25, 0.3) is 0 Å². The highest BCUT2D eigenvalue weighted by Crippen LogP contribution is 2.53. The van der Waals surface area contributed by atoms with Gasteiger partial charge >= 0.3 is 0 Å². The molecule has 2 aromatic carbocycles. The number of hydrogen-bond donors (Lipinski definition) is 1. The van der Waals surface area contributed by atoms with Crippen LogP contribution in [0.3, 0.4) is 0 Å². The minimum Gasteiger partial charge on any atom is -0.508 e. The first-order valence-electron chi connectivity index (χ1n) is 11.4. The lowest BCUT2D eigenvalue weighted by Gasteiger charge is -2.38. The highest BCUT2D eigenvalue weighted by Gasteiger charge is 2.41. The molecule has 0 saturated heterocycles. The SMILES string of the molecule is Cc1cc(O)cc(C)c1CC1C2=C(CCCC2)C2=C(N=NC2c2ccc(F)cc2)[C@@H]1C. The number of azo groups is 1. The van der Waals surface area contributed by atoms with Gasteiger partial charge < -0.3 is 5.11 Å². The van der Waals surface area contributed by atoms with E-state index in [-0.39, 0.29) is 17.8 Å². The van der Waals surface area contributed by atoms with Gasteiger partial charge in [0.2, 0.25) is 0 Å². The topological polar surface area (TPSA) is 45.0 Å². The van der Waals surface area contributed by atoms with Crippen LogP contribution in [0.2, 0.25) is 0 Å². The fourth-order valence-electron chi connectivity index (χ4n) is 5.86. The van der Waals surface area contributed by atoms with E-state index in [4.69, 9.17) is 5.11 Å². The first kappa shape index (κ1) is 20.2. The second-order valence-electron chi connectivity index (χ2n) is 9.34. The van der Waals surface area contributed by atoms with Gasteiger partial charge in [-0.3, -0.25) is 0 Å². The summed E-state index contributed by atoms with van der Waals surface area (Å²) in [6, 6.07) is 10.4. The number of phenolic OH excluding ortho intramolecular Hbond substituents is 1. The second-order valence-corrected chi connectivity index (χ2v) is 9.34. The van der Waals surface area contributed by atoms with Crippen LogP contribution in [-0.4, -0.2) is 5.11 Å². The van der Waals surface area contributed by atoms with Gasteiger partial charge in [0.1, 0.15) is 17.6 Å². The van der Waals surface area contributed by atoms with Gasteiger partial charge in [-0.05, 0) is 104 Å². The molecular weight excluding hydrogens is 387 g/mol. The molecule has 2 unspecified atom stereocenters. The lowest BCUT2D eigenvalue weighted by Crippen LogP contribution is -2.27. The van der Waals surface area contributed by atoms with E-state index in [0.29, 0.717) is 11.7 Å². The summed E-state index contributed by atoms with van der Waals surface area (Å²) in [5, 5.41) is 19.3. The number of nitrogens with zero attached hydrogens (tertiary/aromatic N) is 2. The number of allylic oxidation sites excluding steroid dienone is 2. The maximum Gasteiger partial charge on any atom is 0.123 e. The maximum absolute atomic E-state index is 13.5. The molecule has 160 valence electrons. The molecule has 1 heterocycles. The van der Waals surface area contributed by atoms with E-state index in [1.165, 1.54) is 41.7 Å². The molecule has 1 aliphatic heterocycles. The molecule has 0 bridgehead atoms. The molecule has 0 amide bonds. The average Bonchev–Trinajstić information content (AvgIpc) is 3.19. The summed E-state index contributed by atoms with van der Waals surface area (Å²) in [4.78, 5) is 0. The summed E-state index contributed by atoms with van der Waals surface area (Å²) in [5.74, 6) is 0.808. The Morgan fingerprint density at radius 1 is 1.03 bits per heavy atom. The zero-order chi connectivity index (χ0) is 21.7. The monoisotopic (exact) mass is 416 g/mol. The van der Waals surface area contributed by atoms with Crippen LogP contribution in [0.4, 0.5) is 4.39 Å². The number of fused-ring (bicyclic) bond motifs is 1. The summed E-state index contributed by atoms with van der Waals surface area (Å²) in [7, 11) is 0. The Hall–Kier alpha value is -2.75. The van der Waals surface area contributed by atoms with Gasteiger partial charge in [0.25, 0.3) is 0 Å². The van der Waals surface area contributed by atoms with Crippen molar-refractivity contribution in [3.63, 3.8) is 0 Å². The van der Waals surface area contributed by atoms with Gasteiger partial charge in [-0.2, -0.15) is 10.2 Å². The zero-order valence-corrected chi connectivity index (χ0v) is 18.5. The average molecular weight is 417 g/mol. The van der Waals surface area contributed by atoms with Gasteiger partial charge in [-0.15, -0.1) is 0 Å². The second kappa shape index (κ2) is 7.74. The minimum absolute atomic E-state index is 0.112. The van der Waals surface area contributed by atoms with Crippen LogP contribution in [0.5, 0.6) is 5.75 Å². The predicted molar refractivity (Wildman–Crippen MR) is 120 cm³/mol. The number of hydrogen-bond acceptors (Lipinski definition) is 3. The number of phenols is 1. The third kappa shape index (κ3) is 3.42. The summed E-state index contributed by atoms with van der Waals surface area (Å²) in [5.41, 5.74) is 10.1. The Bertz CT molecular complexity index is 1100. The Labute approximate surface area is 183 Å².